The smallest absolute Gasteiger partial charge is 0.243 e. The minimum Gasteiger partial charge on any atom is -0.354 e. The Bertz CT molecular complexity index is 1480. The van der Waals surface area contributed by atoms with Crippen molar-refractivity contribution in [2.45, 2.75) is 76.5 Å². The quantitative estimate of drug-likeness (QED) is 0.257. The van der Waals surface area contributed by atoms with Gasteiger partial charge in [-0.15, -0.1) is 0 Å². The maximum absolute atomic E-state index is 13.9. The summed E-state index contributed by atoms with van der Waals surface area (Å²) in [4.78, 5) is 67.9. The highest BCUT2D eigenvalue weighted by Crippen LogP contribution is 2.12. The van der Waals surface area contributed by atoms with E-state index in [-0.39, 0.29) is 44.1 Å². The summed E-state index contributed by atoms with van der Waals surface area (Å²) in [5.74, 6) is -2.25. The van der Waals surface area contributed by atoms with Gasteiger partial charge in [0.05, 0.1) is 0 Å². The van der Waals surface area contributed by atoms with Gasteiger partial charge < -0.3 is 26.6 Å². The number of nitrogens with one attached hydrogen (secondary N) is 5. The summed E-state index contributed by atoms with van der Waals surface area (Å²) in [6.07, 6.45) is 1.35. The van der Waals surface area contributed by atoms with Gasteiger partial charge in [0.1, 0.15) is 24.2 Å². The lowest BCUT2D eigenvalue weighted by Gasteiger charge is -2.27. The van der Waals surface area contributed by atoms with Crippen molar-refractivity contribution < 1.29 is 24.0 Å². The van der Waals surface area contributed by atoms with Gasteiger partial charge >= 0.3 is 0 Å². The molecular formula is C37H45N5O5. The zero-order valence-corrected chi connectivity index (χ0v) is 27.0. The van der Waals surface area contributed by atoms with Crippen LogP contribution in [0.3, 0.4) is 0 Å². The van der Waals surface area contributed by atoms with E-state index in [4.69, 9.17) is 0 Å². The second kappa shape index (κ2) is 17.6. The van der Waals surface area contributed by atoms with Crippen LogP contribution in [0.1, 0.15) is 49.8 Å². The fourth-order valence-corrected chi connectivity index (χ4v) is 5.55. The minimum atomic E-state index is -1.03. The van der Waals surface area contributed by atoms with Gasteiger partial charge in [0, 0.05) is 32.2 Å². The van der Waals surface area contributed by atoms with Crippen LogP contribution in [0.15, 0.2) is 91.0 Å². The summed E-state index contributed by atoms with van der Waals surface area (Å²) in [6.45, 7) is 4.07. The Labute approximate surface area is 276 Å². The Morgan fingerprint density at radius 2 is 0.915 bits per heavy atom. The van der Waals surface area contributed by atoms with Crippen LogP contribution >= 0.6 is 0 Å². The van der Waals surface area contributed by atoms with Crippen molar-refractivity contribution in [3.05, 3.63) is 108 Å². The summed E-state index contributed by atoms with van der Waals surface area (Å²) in [7, 11) is 0. The maximum atomic E-state index is 13.9. The summed E-state index contributed by atoms with van der Waals surface area (Å²) in [5, 5.41) is 14.3. The van der Waals surface area contributed by atoms with E-state index < -0.39 is 47.8 Å². The first kappa shape index (κ1) is 34.9. The number of benzene rings is 3. The molecule has 47 heavy (non-hydrogen) atoms. The molecule has 1 heterocycles. The molecule has 5 N–H and O–H groups in total. The lowest BCUT2D eigenvalue weighted by molar-refractivity contribution is -0.134. The summed E-state index contributed by atoms with van der Waals surface area (Å²) >= 11 is 0. The molecule has 10 nitrogen and oxygen atoms in total. The average molecular weight is 640 g/mol. The van der Waals surface area contributed by atoms with Crippen molar-refractivity contribution >= 4 is 29.5 Å². The van der Waals surface area contributed by atoms with Crippen LogP contribution < -0.4 is 26.6 Å². The third kappa shape index (κ3) is 11.4. The molecule has 0 saturated carbocycles. The number of hydrogen-bond acceptors (Lipinski definition) is 5. The molecule has 0 bridgehead atoms. The molecule has 0 spiro atoms. The van der Waals surface area contributed by atoms with E-state index in [9.17, 15) is 24.0 Å². The Kier molecular flexibility index (Phi) is 13.1. The topological polar surface area (TPSA) is 146 Å². The molecule has 5 amide bonds. The predicted octanol–water partition coefficient (Wildman–Crippen LogP) is 2.61. The molecule has 3 aromatic carbocycles. The predicted molar refractivity (Wildman–Crippen MR) is 180 cm³/mol. The largest absolute Gasteiger partial charge is 0.354 e. The number of carbonyl (C=O) groups is 5. The van der Waals surface area contributed by atoms with E-state index in [1.807, 2.05) is 105 Å². The monoisotopic (exact) mass is 639 g/mol. The molecule has 1 aliphatic heterocycles. The van der Waals surface area contributed by atoms with Gasteiger partial charge in [-0.25, -0.2) is 0 Å². The van der Waals surface area contributed by atoms with E-state index in [0.29, 0.717) is 12.8 Å². The van der Waals surface area contributed by atoms with Crippen LogP contribution in [0.4, 0.5) is 0 Å². The first-order valence-electron chi connectivity index (χ1n) is 16.3. The van der Waals surface area contributed by atoms with Gasteiger partial charge in [0.25, 0.3) is 0 Å². The standard InChI is InChI=1S/C37H45N5O5/c1-25(2)21-29-35(45)42-32(24-28-17-10-5-11-18-28)37(47)41-30(22-26-13-6-3-7-14-26)34(44)38-20-12-19-33(43)39-31(36(46)40-29)23-27-15-8-4-9-16-27/h3-11,13-18,25,29-32H,12,19-24H2,1-2H3,(H,38,44)(H,39,43)(H,40,46)(H,41,47)(H,42,45)/t29-,30-,31-,32-/m0/s1. The molecule has 10 heteroatoms. The molecule has 0 aromatic heterocycles. The van der Waals surface area contributed by atoms with Gasteiger partial charge in [-0.1, -0.05) is 105 Å². The number of carbonyl (C=O) groups excluding carboxylic acids is 5. The molecule has 0 unspecified atom stereocenters. The summed E-state index contributed by atoms with van der Waals surface area (Å²) in [5.41, 5.74) is 2.52. The van der Waals surface area contributed by atoms with Gasteiger partial charge in [0.15, 0.2) is 0 Å². The zero-order chi connectivity index (χ0) is 33.6. The van der Waals surface area contributed by atoms with E-state index in [2.05, 4.69) is 26.6 Å². The first-order valence-corrected chi connectivity index (χ1v) is 16.3. The second-order valence-electron chi connectivity index (χ2n) is 12.4. The highest BCUT2D eigenvalue weighted by molar-refractivity contribution is 5.96. The van der Waals surface area contributed by atoms with Crippen LogP contribution in [0, 0.1) is 5.92 Å². The number of hydrogen-bond donors (Lipinski definition) is 5. The Hall–Kier alpha value is -4.99. The molecular weight excluding hydrogens is 594 g/mol. The highest BCUT2D eigenvalue weighted by atomic mass is 16.2. The molecule has 1 fully saturated rings. The Morgan fingerprint density at radius 1 is 0.532 bits per heavy atom. The average Bonchev–Trinajstić information content (AvgIpc) is 3.06. The highest BCUT2D eigenvalue weighted by Gasteiger charge is 2.32. The Morgan fingerprint density at radius 3 is 1.36 bits per heavy atom. The summed E-state index contributed by atoms with van der Waals surface area (Å²) in [6, 6.07) is 24.1. The van der Waals surface area contributed by atoms with Crippen molar-refractivity contribution in [1.29, 1.82) is 0 Å². The van der Waals surface area contributed by atoms with Crippen LogP contribution in [0.5, 0.6) is 0 Å². The third-order valence-electron chi connectivity index (χ3n) is 7.99. The van der Waals surface area contributed by atoms with Gasteiger partial charge in [-0.2, -0.15) is 0 Å². The normalized spacial score (nSPS) is 21.9. The van der Waals surface area contributed by atoms with E-state index >= 15 is 0 Å². The minimum absolute atomic E-state index is 0.0303. The van der Waals surface area contributed by atoms with E-state index in [1.165, 1.54) is 0 Å². The van der Waals surface area contributed by atoms with Gasteiger partial charge in [-0.3, -0.25) is 24.0 Å². The van der Waals surface area contributed by atoms with E-state index in [0.717, 1.165) is 16.7 Å². The van der Waals surface area contributed by atoms with E-state index in [1.54, 1.807) is 0 Å². The maximum Gasteiger partial charge on any atom is 0.243 e. The molecule has 1 saturated heterocycles. The SMILES string of the molecule is CC(C)C[C@@H]1NC(=O)[C@H](Cc2ccccc2)NC(=O)CCCNC(=O)[C@H](Cc2ccccc2)NC(=O)[C@H](Cc2ccccc2)NC1=O. The Balaban J connectivity index is 1.65. The molecule has 3 aromatic rings. The number of rotatable bonds is 8. The van der Waals surface area contributed by atoms with Crippen molar-refractivity contribution in [3.63, 3.8) is 0 Å². The van der Waals surface area contributed by atoms with Gasteiger partial charge in [0.2, 0.25) is 29.5 Å². The van der Waals surface area contributed by atoms with Crippen molar-refractivity contribution in [2.75, 3.05) is 6.54 Å². The number of amides is 5. The van der Waals surface area contributed by atoms with Crippen LogP contribution in [0.25, 0.3) is 0 Å². The third-order valence-corrected chi connectivity index (χ3v) is 7.99. The van der Waals surface area contributed by atoms with Crippen LogP contribution in [-0.4, -0.2) is 60.2 Å². The van der Waals surface area contributed by atoms with Crippen molar-refractivity contribution in [3.8, 4) is 0 Å². The zero-order valence-electron chi connectivity index (χ0n) is 27.0. The van der Waals surface area contributed by atoms with Crippen molar-refractivity contribution in [2.24, 2.45) is 5.92 Å². The molecule has 248 valence electrons. The summed E-state index contributed by atoms with van der Waals surface area (Å²) < 4.78 is 0. The fraction of sp³-hybridized carbons (Fsp3) is 0.378. The molecule has 0 aliphatic carbocycles. The van der Waals surface area contributed by atoms with Gasteiger partial charge in [-0.05, 0) is 35.4 Å². The van der Waals surface area contributed by atoms with Crippen molar-refractivity contribution in [1.82, 2.24) is 26.6 Å². The molecule has 4 rings (SSSR count). The van der Waals surface area contributed by atoms with Crippen LogP contribution in [-0.2, 0) is 43.2 Å². The molecule has 1 aliphatic rings. The van der Waals surface area contributed by atoms with Crippen LogP contribution in [0.2, 0.25) is 0 Å². The first-order chi connectivity index (χ1) is 22.7. The second-order valence-corrected chi connectivity index (χ2v) is 12.4. The lowest BCUT2D eigenvalue weighted by Crippen LogP contribution is -2.59. The lowest BCUT2D eigenvalue weighted by atomic mass is 9.99. The fourth-order valence-electron chi connectivity index (χ4n) is 5.55. The molecule has 4 atom stereocenters. The molecule has 0 radical (unpaired) electrons.